The Balaban J connectivity index is 4.51. The van der Waals surface area contributed by atoms with Gasteiger partial charge in [0.25, 0.3) is 6.29 Å². The summed E-state index contributed by atoms with van der Waals surface area (Å²) in [4.78, 5) is 37.0. The number of hydrogen-bond donors (Lipinski definition) is 1. The van der Waals surface area contributed by atoms with Gasteiger partial charge in [0.15, 0.2) is 6.10 Å². The molecule has 0 fully saturated rings. The summed E-state index contributed by atoms with van der Waals surface area (Å²) in [5.41, 5.74) is 0. The molecule has 0 saturated heterocycles. The summed E-state index contributed by atoms with van der Waals surface area (Å²) in [7, 11) is 5.94. The predicted octanol–water partition coefficient (Wildman–Crippen LogP) is 10.5. The van der Waals surface area contributed by atoms with E-state index in [-0.39, 0.29) is 32.2 Å². The molecule has 0 heterocycles. The Bertz CT molecular complexity index is 913. The monoisotopic (exact) mass is 739 g/mol. The fourth-order valence-corrected chi connectivity index (χ4v) is 5.59. The van der Waals surface area contributed by atoms with E-state index in [4.69, 9.17) is 18.9 Å². The molecule has 0 amide bonds. The van der Waals surface area contributed by atoms with Crippen LogP contribution in [0.3, 0.4) is 0 Å². The van der Waals surface area contributed by atoms with Crippen LogP contribution >= 0.6 is 0 Å². The number of quaternary nitrogens is 1. The summed E-state index contributed by atoms with van der Waals surface area (Å²) < 4.78 is 22.6. The number of aliphatic carboxylic acids is 1. The summed E-state index contributed by atoms with van der Waals surface area (Å²) in [6.45, 7) is 4.81. The second-order valence-corrected chi connectivity index (χ2v) is 15.3. The van der Waals surface area contributed by atoms with Crippen LogP contribution in [0.15, 0.2) is 24.3 Å². The smallest absolute Gasteiger partial charge is 0.361 e. The zero-order chi connectivity index (χ0) is 38.5. The predicted molar refractivity (Wildman–Crippen MR) is 212 cm³/mol. The van der Waals surface area contributed by atoms with Crippen LogP contribution in [0.5, 0.6) is 0 Å². The number of carbonyl (C=O) groups excluding carboxylic acids is 2. The van der Waals surface area contributed by atoms with E-state index in [2.05, 4.69) is 38.2 Å². The fraction of sp³-hybridized carbons (Fsp3) is 0.837. The molecule has 0 aromatic rings. The first-order valence-electron chi connectivity index (χ1n) is 21.0. The number of esters is 2. The SMILES string of the molecule is CCCCC/C=C\CCCCCCCC(=O)OCC(COC(OCC[N+](C)(C)C)C(=O)O)OC(=O)CCCCCCC/C=C\CCCCCCCC. The lowest BCUT2D eigenvalue weighted by atomic mass is 10.1. The first kappa shape index (κ1) is 49.8. The van der Waals surface area contributed by atoms with Gasteiger partial charge in [-0.2, -0.15) is 0 Å². The third kappa shape index (κ3) is 36.1. The molecular weight excluding hydrogens is 658 g/mol. The van der Waals surface area contributed by atoms with E-state index in [1.165, 1.54) is 70.6 Å². The number of ether oxygens (including phenoxy) is 4. The van der Waals surface area contributed by atoms with Crippen molar-refractivity contribution in [2.45, 2.75) is 187 Å². The van der Waals surface area contributed by atoms with Gasteiger partial charge in [-0.1, -0.05) is 122 Å². The van der Waals surface area contributed by atoms with E-state index in [1.54, 1.807) is 0 Å². The van der Waals surface area contributed by atoms with Gasteiger partial charge in [-0.15, -0.1) is 0 Å². The molecule has 0 aromatic heterocycles. The Morgan fingerprint density at radius 1 is 0.558 bits per heavy atom. The average Bonchev–Trinajstić information content (AvgIpc) is 3.09. The van der Waals surface area contributed by atoms with E-state index in [0.717, 1.165) is 70.6 Å². The number of rotatable bonds is 38. The molecule has 0 saturated carbocycles. The van der Waals surface area contributed by atoms with Crippen LogP contribution < -0.4 is 0 Å². The van der Waals surface area contributed by atoms with Crippen LogP contribution in [-0.4, -0.2) is 87.4 Å². The average molecular weight is 739 g/mol. The van der Waals surface area contributed by atoms with Crippen molar-refractivity contribution in [3.05, 3.63) is 24.3 Å². The van der Waals surface area contributed by atoms with E-state index in [1.807, 2.05) is 21.1 Å². The number of unbranched alkanes of at least 4 members (excludes halogenated alkanes) is 19. The van der Waals surface area contributed by atoms with Crippen molar-refractivity contribution >= 4 is 17.9 Å². The molecular formula is C43H80NO8+. The van der Waals surface area contributed by atoms with Crippen LogP contribution in [-0.2, 0) is 33.3 Å². The van der Waals surface area contributed by atoms with Gasteiger partial charge in [-0.25, -0.2) is 4.79 Å². The van der Waals surface area contributed by atoms with Gasteiger partial charge in [0, 0.05) is 12.8 Å². The highest BCUT2D eigenvalue weighted by atomic mass is 16.7. The highest BCUT2D eigenvalue weighted by Crippen LogP contribution is 2.13. The molecule has 0 aliphatic heterocycles. The lowest BCUT2D eigenvalue weighted by Crippen LogP contribution is -2.40. The number of carboxylic acids is 1. The van der Waals surface area contributed by atoms with Gasteiger partial charge in [-0.3, -0.25) is 9.59 Å². The van der Waals surface area contributed by atoms with E-state index in [9.17, 15) is 19.5 Å². The largest absolute Gasteiger partial charge is 0.477 e. The second kappa shape index (κ2) is 35.8. The molecule has 0 aliphatic carbocycles. The standard InChI is InChI=1S/C43H79NO8/c1-6-8-10-12-14-16-18-20-21-22-24-26-28-30-32-34-41(46)52-39(38-51-43(42(47)48)49-36-35-44(3,4)5)37-50-40(45)33-31-29-27-25-23-19-17-15-13-11-9-7-2/h15,17,20-21,39,43H,6-14,16,18-19,22-38H2,1-5H3/p+1/b17-15-,21-20-. The van der Waals surface area contributed by atoms with Crippen molar-refractivity contribution in [2.75, 3.05) is 47.5 Å². The summed E-state index contributed by atoms with van der Waals surface area (Å²) in [6, 6.07) is 0. The van der Waals surface area contributed by atoms with E-state index >= 15 is 0 Å². The van der Waals surface area contributed by atoms with Crippen molar-refractivity contribution in [1.82, 2.24) is 0 Å². The van der Waals surface area contributed by atoms with Crippen LogP contribution in [0.1, 0.15) is 174 Å². The second-order valence-electron chi connectivity index (χ2n) is 15.3. The first-order valence-corrected chi connectivity index (χ1v) is 21.0. The zero-order valence-electron chi connectivity index (χ0n) is 34.2. The normalized spacial score (nSPS) is 13.2. The van der Waals surface area contributed by atoms with Gasteiger partial charge in [0.1, 0.15) is 13.2 Å². The Hall–Kier alpha value is -2.23. The summed E-state index contributed by atoms with van der Waals surface area (Å²) in [6.07, 6.45) is 33.7. The number of likely N-dealkylation sites (N-methyl/N-ethyl adjacent to an activating group) is 1. The van der Waals surface area contributed by atoms with Gasteiger partial charge in [0.05, 0.1) is 34.4 Å². The van der Waals surface area contributed by atoms with E-state index < -0.39 is 24.3 Å². The quantitative estimate of drug-likeness (QED) is 0.0219. The minimum atomic E-state index is -1.51. The topological polar surface area (TPSA) is 108 Å². The molecule has 304 valence electrons. The Labute approximate surface area is 318 Å². The van der Waals surface area contributed by atoms with Crippen molar-refractivity contribution in [2.24, 2.45) is 0 Å². The Morgan fingerprint density at radius 2 is 0.981 bits per heavy atom. The van der Waals surface area contributed by atoms with Crippen LogP contribution in [0.4, 0.5) is 0 Å². The molecule has 1 N–H and O–H groups in total. The number of allylic oxidation sites excluding steroid dienone is 4. The molecule has 0 radical (unpaired) electrons. The number of nitrogens with zero attached hydrogens (tertiary/aromatic N) is 1. The molecule has 9 nitrogen and oxygen atoms in total. The minimum Gasteiger partial charge on any atom is -0.477 e. The van der Waals surface area contributed by atoms with Gasteiger partial charge in [-0.05, 0) is 64.2 Å². The zero-order valence-corrected chi connectivity index (χ0v) is 34.2. The number of carboxylic acid groups (broad SMARTS) is 1. The van der Waals surface area contributed by atoms with Crippen molar-refractivity contribution in [1.29, 1.82) is 0 Å². The van der Waals surface area contributed by atoms with Crippen molar-refractivity contribution in [3.63, 3.8) is 0 Å². The lowest BCUT2D eigenvalue weighted by molar-refractivity contribution is -0.870. The van der Waals surface area contributed by atoms with Crippen molar-refractivity contribution in [3.8, 4) is 0 Å². The molecule has 0 spiro atoms. The fourth-order valence-electron chi connectivity index (χ4n) is 5.59. The maximum atomic E-state index is 12.7. The molecule has 0 bridgehead atoms. The highest BCUT2D eigenvalue weighted by molar-refractivity contribution is 5.71. The third-order valence-corrected chi connectivity index (χ3v) is 8.93. The Morgan fingerprint density at radius 3 is 1.46 bits per heavy atom. The number of hydrogen-bond acceptors (Lipinski definition) is 7. The molecule has 0 rings (SSSR count). The first-order chi connectivity index (χ1) is 25.1. The van der Waals surface area contributed by atoms with Gasteiger partial charge < -0.3 is 28.5 Å². The summed E-state index contributed by atoms with van der Waals surface area (Å²) >= 11 is 0. The minimum absolute atomic E-state index is 0.186. The molecule has 9 heteroatoms. The van der Waals surface area contributed by atoms with Crippen molar-refractivity contribution < 1.29 is 42.9 Å². The van der Waals surface area contributed by atoms with Gasteiger partial charge >= 0.3 is 17.9 Å². The van der Waals surface area contributed by atoms with Crippen LogP contribution in [0.2, 0.25) is 0 Å². The lowest BCUT2D eigenvalue weighted by Gasteiger charge is -2.25. The molecule has 2 atom stereocenters. The maximum absolute atomic E-state index is 12.7. The van der Waals surface area contributed by atoms with Crippen LogP contribution in [0.25, 0.3) is 0 Å². The molecule has 0 aromatic carbocycles. The molecule has 52 heavy (non-hydrogen) atoms. The van der Waals surface area contributed by atoms with Crippen LogP contribution in [0, 0.1) is 0 Å². The molecule has 0 aliphatic rings. The highest BCUT2D eigenvalue weighted by Gasteiger charge is 2.25. The summed E-state index contributed by atoms with van der Waals surface area (Å²) in [5, 5.41) is 9.60. The van der Waals surface area contributed by atoms with Gasteiger partial charge in [0.2, 0.25) is 0 Å². The van der Waals surface area contributed by atoms with E-state index in [0.29, 0.717) is 23.9 Å². The summed E-state index contributed by atoms with van der Waals surface area (Å²) in [5.74, 6) is -2.03. The Kier molecular flexibility index (Phi) is 34.2. The molecule has 2 unspecified atom stereocenters. The number of carbonyl (C=O) groups is 3. The maximum Gasteiger partial charge on any atom is 0.361 e. The third-order valence-electron chi connectivity index (χ3n) is 8.93.